The maximum absolute atomic E-state index is 14.2. The number of rotatable bonds is 6. The van der Waals surface area contributed by atoms with Gasteiger partial charge in [0.25, 0.3) is 12.4 Å². The number of carbonyl (C=O) groups is 3. The number of nitrogens with zero attached hydrogens (tertiary/aromatic N) is 1. The molecule has 1 aromatic carbocycles. The fourth-order valence-corrected chi connectivity index (χ4v) is 4.34. The summed E-state index contributed by atoms with van der Waals surface area (Å²) in [6.45, 7) is 5.79. The van der Waals surface area contributed by atoms with Crippen molar-refractivity contribution in [3.63, 3.8) is 0 Å². The lowest BCUT2D eigenvalue weighted by molar-refractivity contribution is -0.137. The number of aryl methyl sites for hydroxylation is 1. The average Bonchev–Trinajstić information content (AvgIpc) is 3.27. The Kier molecular flexibility index (Phi) is 9.91. The number of halogens is 1. The Balaban J connectivity index is 0.00000107. The molecule has 1 saturated heterocycles. The monoisotopic (exact) mass is 436 g/mol. The number of nitrogens with one attached hydrogen (secondary N) is 1. The summed E-state index contributed by atoms with van der Waals surface area (Å²) in [5.41, 5.74) is 0.675. The molecule has 0 spiro atoms. The van der Waals surface area contributed by atoms with Gasteiger partial charge in [-0.05, 0) is 57.1 Å². The molecule has 0 bridgehead atoms. The number of hydrogen-bond donors (Lipinski definition) is 2. The van der Waals surface area contributed by atoms with Gasteiger partial charge in [0.15, 0.2) is 0 Å². The molecule has 0 radical (unpaired) electrons. The normalized spacial score (nSPS) is 22.9. The molecule has 2 aliphatic rings. The van der Waals surface area contributed by atoms with Crippen LogP contribution in [-0.2, 0) is 14.3 Å². The van der Waals surface area contributed by atoms with Crippen molar-refractivity contribution in [2.24, 2.45) is 5.92 Å². The zero-order chi connectivity index (χ0) is 22.8. The smallest absolute Gasteiger partial charge is 0.290 e. The second-order valence-corrected chi connectivity index (χ2v) is 8.07. The highest BCUT2D eigenvalue weighted by molar-refractivity contribution is 5.96. The van der Waals surface area contributed by atoms with E-state index in [1.165, 1.54) is 6.07 Å². The lowest BCUT2D eigenvalue weighted by Gasteiger charge is -2.37. The molecule has 1 aliphatic carbocycles. The number of amides is 2. The summed E-state index contributed by atoms with van der Waals surface area (Å²) in [6, 6.07) is 4.33. The van der Waals surface area contributed by atoms with Gasteiger partial charge in [-0.25, -0.2) is 4.39 Å². The first kappa shape index (κ1) is 24.8. The van der Waals surface area contributed by atoms with Crippen LogP contribution in [-0.4, -0.2) is 60.1 Å². The number of benzene rings is 1. The highest BCUT2D eigenvalue weighted by Crippen LogP contribution is 2.30. The molecular formula is C23H33FN2O5. The van der Waals surface area contributed by atoms with Gasteiger partial charge in [0, 0.05) is 25.6 Å². The molecule has 1 aliphatic heterocycles. The molecule has 1 aromatic rings. The number of hydrogen-bond acceptors (Lipinski definition) is 4. The van der Waals surface area contributed by atoms with E-state index in [9.17, 15) is 14.0 Å². The van der Waals surface area contributed by atoms with E-state index >= 15 is 0 Å². The van der Waals surface area contributed by atoms with E-state index < -0.39 is 11.7 Å². The molecule has 172 valence electrons. The quantitative estimate of drug-likeness (QED) is 0.668. The fourth-order valence-electron chi connectivity index (χ4n) is 4.34. The van der Waals surface area contributed by atoms with Crippen molar-refractivity contribution in [2.45, 2.75) is 64.5 Å². The molecule has 3 rings (SSSR count). The summed E-state index contributed by atoms with van der Waals surface area (Å²) >= 11 is 0. The predicted octanol–water partition coefficient (Wildman–Crippen LogP) is 3.15. The molecule has 1 heterocycles. The Labute approximate surface area is 182 Å². The minimum Gasteiger partial charge on any atom is -0.483 e. The van der Waals surface area contributed by atoms with E-state index in [2.05, 4.69) is 5.32 Å². The number of carbonyl (C=O) groups excluding carboxylic acids is 2. The van der Waals surface area contributed by atoms with Crippen LogP contribution in [0.3, 0.4) is 0 Å². The Morgan fingerprint density at radius 3 is 2.58 bits per heavy atom. The first-order valence-corrected chi connectivity index (χ1v) is 11.0. The maximum atomic E-state index is 14.2. The van der Waals surface area contributed by atoms with Crippen molar-refractivity contribution in [3.05, 3.63) is 35.1 Å². The Hall–Kier alpha value is -2.48. The zero-order valence-corrected chi connectivity index (χ0v) is 18.3. The molecule has 2 N–H and O–H groups in total. The van der Waals surface area contributed by atoms with Crippen LogP contribution in [0.4, 0.5) is 4.39 Å². The second kappa shape index (κ2) is 12.4. The van der Waals surface area contributed by atoms with Crippen LogP contribution < -0.4 is 5.32 Å². The number of carboxylic acid groups (broad SMARTS) is 1. The van der Waals surface area contributed by atoms with Crippen LogP contribution >= 0.6 is 0 Å². The Bertz CT molecular complexity index is 731. The van der Waals surface area contributed by atoms with E-state index in [0.717, 1.165) is 45.2 Å². The second-order valence-electron chi connectivity index (χ2n) is 8.07. The van der Waals surface area contributed by atoms with E-state index in [1.54, 1.807) is 19.1 Å². The van der Waals surface area contributed by atoms with Crippen molar-refractivity contribution < 1.29 is 28.6 Å². The van der Waals surface area contributed by atoms with Crippen molar-refractivity contribution >= 4 is 18.3 Å². The van der Waals surface area contributed by atoms with E-state index in [-0.39, 0.29) is 36.0 Å². The summed E-state index contributed by atoms with van der Waals surface area (Å²) in [5.74, 6) is -0.872. The Morgan fingerprint density at radius 1 is 1.29 bits per heavy atom. The van der Waals surface area contributed by atoms with Gasteiger partial charge in [0.1, 0.15) is 5.82 Å². The van der Waals surface area contributed by atoms with Crippen LogP contribution in [0.5, 0.6) is 0 Å². The van der Waals surface area contributed by atoms with Crippen LogP contribution in [0, 0.1) is 18.7 Å². The molecule has 3 atom stereocenters. The van der Waals surface area contributed by atoms with Crippen molar-refractivity contribution in [2.75, 3.05) is 19.7 Å². The largest absolute Gasteiger partial charge is 0.483 e. The first-order chi connectivity index (χ1) is 14.9. The molecule has 0 aromatic heterocycles. The van der Waals surface area contributed by atoms with Crippen molar-refractivity contribution in [3.8, 4) is 0 Å². The van der Waals surface area contributed by atoms with Gasteiger partial charge < -0.3 is 20.1 Å². The van der Waals surface area contributed by atoms with Crippen LogP contribution in [0.25, 0.3) is 0 Å². The maximum Gasteiger partial charge on any atom is 0.290 e. The molecule has 31 heavy (non-hydrogen) atoms. The molecule has 2 amide bonds. The van der Waals surface area contributed by atoms with Crippen molar-refractivity contribution in [1.82, 2.24) is 10.2 Å². The lowest BCUT2D eigenvalue weighted by atomic mass is 9.82. The summed E-state index contributed by atoms with van der Waals surface area (Å²) in [4.78, 5) is 36.0. The first-order valence-electron chi connectivity index (χ1n) is 11.0. The number of ether oxygens (including phenoxy) is 1. The predicted molar refractivity (Wildman–Crippen MR) is 114 cm³/mol. The summed E-state index contributed by atoms with van der Waals surface area (Å²) < 4.78 is 20.2. The summed E-state index contributed by atoms with van der Waals surface area (Å²) in [7, 11) is 0. The summed E-state index contributed by atoms with van der Waals surface area (Å²) in [6.07, 6.45) is 4.92. The summed E-state index contributed by atoms with van der Waals surface area (Å²) in [5, 5.41) is 9.87. The van der Waals surface area contributed by atoms with Gasteiger partial charge in [-0.15, -0.1) is 0 Å². The molecule has 0 unspecified atom stereocenters. The molecule has 7 nitrogen and oxygen atoms in total. The van der Waals surface area contributed by atoms with Gasteiger partial charge >= 0.3 is 0 Å². The zero-order valence-electron chi connectivity index (χ0n) is 18.3. The minimum atomic E-state index is -0.524. The highest BCUT2D eigenvalue weighted by Gasteiger charge is 2.37. The molecule has 2 fully saturated rings. The van der Waals surface area contributed by atoms with Crippen LogP contribution in [0.15, 0.2) is 18.2 Å². The van der Waals surface area contributed by atoms with Crippen LogP contribution in [0.2, 0.25) is 0 Å². The third-order valence-corrected chi connectivity index (χ3v) is 5.86. The van der Waals surface area contributed by atoms with E-state index in [4.69, 9.17) is 14.6 Å². The average molecular weight is 437 g/mol. The number of likely N-dealkylation sites (tertiary alicyclic amines) is 1. The molecule has 8 heteroatoms. The third-order valence-electron chi connectivity index (χ3n) is 5.86. The molecule has 1 saturated carbocycles. The Morgan fingerprint density at radius 2 is 1.97 bits per heavy atom. The SMILES string of the molecule is CCCO[C@@H]1CC[C@H](C(=O)N2CCCC2)C[C@H]1NC(=O)c1c(C)cccc1F.O=CO. The topological polar surface area (TPSA) is 95.9 Å². The van der Waals surface area contributed by atoms with Crippen molar-refractivity contribution in [1.29, 1.82) is 0 Å². The molecular weight excluding hydrogens is 403 g/mol. The standard InChI is InChI=1S/C22H31FN2O3.CH2O2/c1-3-13-28-19-10-9-16(22(27)25-11-4-5-12-25)14-18(19)24-21(26)20-15(2)7-6-8-17(20)23;2-1-3/h6-8,16,18-19H,3-5,9-14H2,1-2H3,(H,24,26);1H,(H,2,3)/t16-,18+,19+;/m0./s1. The highest BCUT2D eigenvalue weighted by atomic mass is 19.1. The van der Waals surface area contributed by atoms with Gasteiger partial charge in [0.05, 0.1) is 17.7 Å². The van der Waals surface area contributed by atoms with E-state index in [1.807, 2.05) is 11.8 Å². The lowest BCUT2D eigenvalue weighted by Crippen LogP contribution is -2.51. The van der Waals surface area contributed by atoms with Crippen LogP contribution in [0.1, 0.15) is 61.4 Å². The minimum absolute atomic E-state index is 0.0738. The van der Waals surface area contributed by atoms with Gasteiger partial charge in [0.2, 0.25) is 5.91 Å². The fraction of sp³-hybridized carbons (Fsp3) is 0.609. The van der Waals surface area contributed by atoms with Gasteiger partial charge in [-0.2, -0.15) is 0 Å². The van der Waals surface area contributed by atoms with Gasteiger partial charge in [-0.1, -0.05) is 19.1 Å². The third kappa shape index (κ3) is 6.75. The van der Waals surface area contributed by atoms with Gasteiger partial charge in [-0.3, -0.25) is 14.4 Å². The van der Waals surface area contributed by atoms with E-state index in [0.29, 0.717) is 18.6 Å².